The molecule has 0 heterocycles. The normalized spacial score (nSPS) is 13.6. The summed E-state index contributed by atoms with van der Waals surface area (Å²) in [4.78, 5) is 0. The van der Waals surface area contributed by atoms with Crippen molar-refractivity contribution in [2.45, 2.75) is 84.0 Å². The van der Waals surface area contributed by atoms with Crippen LogP contribution in [0.4, 0.5) is 0 Å². The predicted molar refractivity (Wildman–Crippen MR) is 113 cm³/mol. The molecule has 150 valence electrons. The third-order valence-electron chi connectivity index (χ3n) is 4.42. The van der Waals surface area contributed by atoms with Crippen LogP contribution in [0.25, 0.3) is 0 Å². The quantitative estimate of drug-likeness (QED) is 0.119. The van der Waals surface area contributed by atoms with E-state index < -0.39 is 8.03 Å². The molecule has 0 aliphatic heterocycles. The maximum Gasteiger partial charge on any atom is 0.191 e. The zero-order valence-electron chi connectivity index (χ0n) is 17.5. The van der Waals surface area contributed by atoms with Crippen LogP contribution in [0.2, 0.25) is 0 Å². The fourth-order valence-corrected chi connectivity index (χ4v) is 3.67. The molecule has 0 spiro atoms. The van der Waals surface area contributed by atoms with Crippen molar-refractivity contribution in [1.29, 1.82) is 0 Å². The topological polar surface area (TPSA) is 26.3 Å². The van der Waals surface area contributed by atoms with E-state index >= 15 is 0 Å². The van der Waals surface area contributed by atoms with Crippen LogP contribution in [-0.4, -0.2) is 44.9 Å². The van der Waals surface area contributed by atoms with E-state index in [4.69, 9.17) is 4.52 Å². The third kappa shape index (κ3) is 21.8. The fraction of sp³-hybridized carbons (Fsp3) is 0.905. The molecule has 1 unspecified atom stereocenters. The number of likely N-dealkylation sites (N-methyl/N-ethyl adjacent to an activating group) is 1. The van der Waals surface area contributed by atoms with Crippen molar-refractivity contribution in [3.05, 3.63) is 12.2 Å². The van der Waals surface area contributed by atoms with Gasteiger partial charge in [0.05, 0.1) is 21.1 Å². The molecule has 4 heteroatoms. The van der Waals surface area contributed by atoms with E-state index in [0.717, 1.165) is 23.6 Å². The van der Waals surface area contributed by atoms with E-state index in [9.17, 15) is 4.57 Å². The van der Waals surface area contributed by atoms with Crippen LogP contribution in [0.3, 0.4) is 0 Å². The van der Waals surface area contributed by atoms with Crippen LogP contribution >= 0.6 is 8.03 Å². The Bertz CT molecular complexity index is 337. The Labute approximate surface area is 158 Å². The van der Waals surface area contributed by atoms with Gasteiger partial charge in [-0.3, -0.25) is 4.57 Å². The number of rotatable bonds is 18. The Hall–Kier alpha value is -0.110. The molecule has 3 nitrogen and oxygen atoms in total. The molecule has 0 amide bonds. The van der Waals surface area contributed by atoms with Crippen LogP contribution in [0, 0.1) is 0 Å². The number of allylic oxidation sites excluding steroid dienone is 2. The first-order valence-electron chi connectivity index (χ1n) is 10.6. The second-order valence-corrected chi connectivity index (χ2v) is 9.75. The Morgan fingerprint density at radius 2 is 1.32 bits per heavy atom. The Morgan fingerprint density at radius 1 is 0.800 bits per heavy atom. The van der Waals surface area contributed by atoms with Gasteiger partial charge in [0.15, 0.2) is 8.03 Å². The lowest BCUT2D eigenvalue weighted by molar-refractivity contribution is -0.870. The number of nitrogens with zero attached hydrogens (tertiary/aromatic N) is 1. The molecule has 0 radical (unpaired) electrons. The molecule has 0 aromatic heterocycles. The lowest BCUT2D eigenvalue weighted by Gasteiger charge is -2.23. The second kappa shape index (κ2) is 17.3. The molecule has 0 saturated heterocycles. The van der Waals surface area contributed by atoms with Gasteiger partial charge in [-0.05, 0) is 32.1 Å². The molecular weight excluding hydrogens is 329 g/mol. The number of quaternary nitrogens is 1. The summed E-state index contributed by atoms with van der Waals surface area (Å²) in [6.07, 6.45) is 20.9. The van der Waals surface area contributed by atoms with Gasteiger partial charge in [0, 0.05) is 6.16 Å². The summed E-state index contributed by atoms with van der Waals surface area (Å²) in [5, 5.41) is 0. The van der Waals surface area contributed by atoms with Crippen molar-refractivity contribution < 1.29 is 13.6 Å². The van der Waals surface area contributed by atoms with E-state index in [2.05, 4.69) is 40.2 Å². The van der Waals surface area contributed by atoms with Crippen molar-refractivity contribution in [1.82, 2.24) is 0 Å². The van der Waals surface area contributed by atoms with Crippen LogP contribution in [-0.2, 0) is 9.09 Å². The fourth-order valence-electron chi connectivity index (χ4n) is 2.67. The van der Waals surface area contributed by atoms with Gasteiger partial charge >= 0.3 is 0 Å². The van der Waals surface area contributed by atoms with Gasteiger partial charge in [-0.15, -0.1) is 0 Å². The highest BCUT2D eigenvalue weighted by molar-refractivity contribution is 7.39. The lowest BCUT2D eigenvalue weighted by Crippen LogP contribution is -2.37. The van der Waals surface area contributed by atoms with E-state index in [1.165, 1.54) is 70.6 Å². The average Bonchev–Trinajstić information content (AvgIpc) is 2.54. The highest BCUT2D eigenvalue weighted by atomic mass is 31.1. The zero-order valence-corrected chi connectivity index (χ0v) is 18.5. The van der Waals surface area contributed by atoms with E-state index in [1.807, 2.05) is 0 Å². The van der Waals surface area contributed by atoms with Gasteiger partial charge < -0.3 is 9.01 Å². The molecule has 0 aromatic carbocycles. The largest absolute Gasteiger partial charge is 0.329 e. The van der Waals surface area contributed by atoms with Crippen LogP contribution in [0.1, 0.15) is 84.0 Å². The first-order valence-corrected chi connectivity index (χ1v) is 12.1. The van der Waals surface area contributed by atoms with Gasteiger partial charge in [-0.1, -0.05) is 64.0 Å². The predicted octanol–water partition coefficient (Wildman–Crippen LogP) is 6.44. The maximum atomic E-state index is 11.8. The molecule has 0 fully saturated rings. The van der Waals surface area contributed by atoms with Crippen molar-refractivity contribution in [2.24, 2.45) is 0 Å². The minimum Gasteiger partial charge on any atom is -0.329 e. The molecule has 0 aromatic rings. The summed E-state index contributed by atoms with van der Waals surface area (Å²) >= 11 is 0. The molecule has 0 N–H and O–H groups in total. The SMILES string of the molecule is CCCCCCC=CCCCCCCCC[PH](=O)OCC[N+](C)(C)C. The summed E-state index contributed by atoms with van der Waals surface area (Å²) < 4.78 is 18.1. The summed E-state index contributed by atoms with van der Waals surface area (Å²) in [5.41, 5.74) is 0. The number of unbranched alkanes of at least 4 members (excludes halogenated alkanes) is 10. The molecule has 0 bridgehead atoms. The van der Waals surface area contributed by atoms with Crippen molar-refractivity contribution in [3.63, 3.8) is 0 Å². The molecule has 0 rings (SSSR count). The summed E-state index contributed by atoms with van der Waals surface area (Å²) in [6.45, 7) is 3.80. The second-order valence-electron chi connectivity index (χ2n) is 8.22. The standard InChI is InChI=1S/C21H45NO2P/c1-5-6-7-8-9-10-11-12-13-14-15-16-17-18-21-25(23)24-20-19-22(2,3)4/h10-11,25H,5-9,12-21H2,1-4H3/q+1. The summed E-state index contributed by atoms with van der Waals surface area (Å²) in [5.74, 6) is 0. The maximum absolute atomic E-state index is 11.8. The molecule has 1 atom stereocenters. The van der Waals surface area contributed by atoms with Gasteiger partial charge in [-0.2, -0.15) is 0 Å². The van der Waals surface area contributed by atoms with E-state index in [0.29, 0.717) is 6.61 Å². The third-order valence-corrected chi connectivity index (χ3v) is 5.71. The van der Waals surface area contributed by atoms with Crippen molar-refractivity contribution >= 4 is 8.03 Å². The van der Waals surface area contributed by atoms with Crippen molar-refractivity contribution in [3.8, 4) is 0 Å². The highest BCUT2D eigenvalue weighted by Gasteiger charge is 2.07. The summed E-state index contributed by atoms with van der Waals surface area (Å²) in [7, 11) is 4.59. The Balaban J connectivity index is 3.25. The monoisotopic (exact) mass is 374 g/mol. The minimum absolute atomic E-state index is 0.618. The van der Waals surface area contributed by atoms with E-state index in [1.54, 1.807) is 0 Å². The highest BCUT2D eigenvalue weighted by Crippen LogP contribution is 2.24. The van der Waals surface area contributed by atoms with Gasteiger partial charge in [0.1, 0.15) is 13.2 Å². The van der Waals surface area contributed by atoms with Gasteiger partial charge in [-0.25, -0.2) is 0 Å². The van der Waals surface area contributed by atoms with Gasteiger partial charge in [0.2, 0.25) is 0 Å². The van der Waals surface area contributed by atoms with Crippen molar-refractivity contribution in [2.75, 3.05) is 40.5 Å². The molecule has 0 saturated carbocycles. The number of hydrogen-bond acceptors (Lipinski definition) is 2. The first kappa shape index (κ1) is 24.9. The van der Waals surface area contributed by atoms with Gasteiger partial charge in [0.25, 0.3) is 0 Å². The Kier molecular flexibility index (Phi) is 17.2. The first-order chi connectivity index (χ1) is 12.0. The molecule has 25 heavy (non-hydrogen) atoms. The Morgan fingerprint density at radius 3 is 1.88 bits per heavy atom. The smallest absolute Gasteiger partial charge is 0.191 e. The lowest BCUT2D eigenvalue weighted by atomic mass is 10.1. The molecule has 0 aliphatic rings. The van der Waals surface area contributed by atoms with Crippen LogP contribution in [0.15, 0.2) is 12.2 Å². The zero-order chi connectivity index (χ0) is 18.8. The molecule has 0 aliphatic carbocycles. The van der Waals surface area contributed by atoms with E-state index in [-0.39, 0.29) is 0 Å². The molecular formula is C21H45NO2P+. The van der Waals surface area contributed by atoms with Crippen LogP contribution < -0.4 is 0 Å². The number of hydrogen-bond donors (Lipinski definition) is 0. The minimum atomic E-state index is -1.80. The average molecular weight is 375 g/mol. The summed E-state index contributed by atoms with van der Waals surface area (Å²) in [6, 6.07) is 0. The van der Waals surface area contributed by atoms with Crippen LogP contribution in [0.5, 0.6) is 0 Å².